The normalized spacial score (nSPS) is 28.5. The maximum absolute atomic E-state index is 12.6. The molecule has 1 amide bonds. The first-order valence-electron chi connectivity index (χ1n) is 8.98. The number of rotatable bonds is 7. The molecule has 1 N–H and O–H groups in total. The second kappa shape index (κ2) is 8.14. The molecule has 2 atom stereocenters. The van der Waals surface area contributed by atoms with Gasteiger partial charge in [0.25, 0.3) is 0 Å². The molecule has 2 rings (SSSR count). The van der Waals surface area contributed by atoms with Gasteiger partial charge in [-0.1, -0.05) is 33.6 Å². The largest absolute Gasteiger partial charge is 0.326 e. The smallest absolute Gasteiger partial charge is 0.241 e. The van der Waals surface area contributed by atoms with Crippen molar-refractivity contribution >= 4 is 5.91 Å². The van der Waals surface area contributed by atoms with E-state index in [0.717, 1.165) is 38.8 Å². The van der Waals surface area contributed by atoms with Gasteiger partial charge in [-0.2, -0.15) is 0 Å². The van der Waals surface area contributed by atoms with Crippen LogP contribution in [0.5, 0.6) is 0 Å². The van der Waals surface area contributed by atoms with Crippen molar-refractivity contribution in [3.8, 4) is 0 Å². The second-order valence-corrected chi connectivity index (χ2v) is 6.68. The SMILES string of the molecule is CCCC1NC(CCC)N(CC2CCN(CC)CC2)C1=O. The Labute approximate surface area is 130 Å². The third-order valence-corrected chi connectivity index (χ3v) is 5.10. The van der Waals surface area contributed by atoms with Gasteiger partial charge in [-0.3, -0.25) is 10.1 Å². The Hall–Kier alpha value is -0.610. The topological polar surface area (TPSA) is 35.6 Å². The summed E-state index contributed by atoms with van der Waals surface area (Å²) in [4.78, 5) is 17.3. The second-order valence-electron chi connectivity index (χ2n) is 6.68. The summed E-state index contributed by atoms with van der Waals surface area (Å²) in [7, 11) is 0. The molecule has 0 saturated carbocycles. The van der Waals surface area contributed by atoms with Gasteiger partial charge in [-0.05, 0) is 51.2 Å². The molecule has 2 heterocycles. The van der Waals surface area contributed by atoms with Crippen LogP contribution in [0.1, 0.15) is 59.3 Å². The molecule has 2 unspecified atom stereocenters. The Morgan fingerprint density at radius 2 is 1.76 bits per heavy atom. The Balaban J connectivity index is 1.91. The summed E-state index contributed by atoms with van der Waals surface area (Å²) in [5, 5.41) is 3.57. The molecule has 4 heteroatoms. The molecule has 0 aliphatic carbocycles. The van der Waals surface area contributed by atoms with Crippen molar-refractivity contribution in [2.75, 3.05) is 26.2 Å². The van der Waals surface area contributed by atoms with Gasteiger partial charge in [-0.15, -0.1) is 0 Å². The number of carbonyl (C=O) groups excluding carboxylic acids is 1. The minimum Gasteiger partial charge on any atom is -0.326 e. The maximum Gasteiger partial charge on any atom is 0.241 e. The van der Waals surface area contributed by atoms with Crippen molar-refractivity contribution < 1.29 is 4.79 Å². The predicted molar refractivity (Wildman–Crippen MR) is 87.1 cm³/mol. The fourth-order valence-electron chi connectivity index (χ4n) is 3.74. The van der Waals surface area contributed by atoms with Crippen molar-refractivity contribution in [3.63, 3.8) is 0 Å². The molecule has 2 saturated heterocycles. The van der Waals surface area contributed by atoms with Gasteiger partial charge in [0.1, 0.15) is 0 Å². The predicted octanol–water partition coefficient (Wildman–Crippen LogP) is 2.45. The van der Waals surface area contributed by atoms with Crippen LogP contribution in [0.2, 0.25) is 0 Å². The summed E-state index contributed by atoms with van der Waals surface area (Å²) in [5.41, 5.74) is 0. The van der Waals surface area contributed by atoms with Crippen LogP contribution >= 0.6 is 0 Å². The van der Waals surface area contributed by atoms with Gasteiger partial charge in [0, 0.05) is 6.54 Å². The first-order chi connectivity index (χ1) is 10.2. The maximum atomic E-state index is 12.6. The summed E-state index contributed by atoms with van der Waals surface area (Å²) < 4.78 is 0. The van der Waals surface area contributed by atoms with E-state index in [9.17, 15) is 4.79 Å². The zero-order valence-corrected chi connectivity index (χ0v) is 14.1. The Bertz CT molecular complexity index is 326. The highest BCUT2D eigenvalue weighted by Gasteiger charge is 2.38. The monoisotopic (exact) mass is 295 g/mol. The van der Waals surface area contributed by atoms with E-state index in [-0.39, 0.29) is 12.2 Å². The van der Waals surface area contributed by atoms with Crippen molar-refractivity contribution in [1.29, 1.82) is 0 Å². The first kappa shape index (κ1) is 16.8. The molecule has 0 aromatic heterocycles. The third kappa shape index (κ3) is 4.19. The van der Waals surface area contributed by atoms with E-state index < -0.39 is 0 Å². The third-order valence-electron chi connectivity index (χ3n) is 5.10. The lowest BCUT2D eigenvalue weighted by atomic mass is 9.96. The fraction of sp³-hybridized carbons (Fsp3) is 0.941. The van der Waals surface area contributed by atoms with Crippen LogP contribution in [0.25, 0.3) is 0 Å². The minimum atomic E-state index is 0.0716. The minimum absolute atomic E-state index is 0.0716. The average molecular weight is 295 g/mol. The van der Waals surface area contributed by atoms with E-state index in [4.69, 9.17) is 0 Å². The van der Waals surface area contributed by atoms with Crippen LogP contribution in [0.3, 0.4) is 0 Å². The summed E-state index contributed by atoms with van der Waals surface area (Å²) >= 11 is 0. The standard InChI is InChI=1S/C17H33N3O/c1-4-7-15-17(21)20(16(18-15)8-5-2)13-14-9-11-19(6-3)12-10-14/h14-16,18H,4-13H2,1-3H3. The number of nitrogens with zero attached hydrogens (tertiary/aromatic N) is 2. The molecular formula is C17H33N3O. The summed E-state index contributed by atoms with van der Waals surface area (Å²) in [6, 6.07) is 0.0716. The van der Waals surface area contributed by atoms with Gasteiger partial charge < -0.3 is 9.80 Å². The van der Waals surface area contributed by atoms with E-state index in [0.29, 0.717) is 11.8 Å². The number of hydrogen-bond donors (Lipinski definition) is 1. The van der Waals surface area contributed by atoms with Crippen molar-refractivity contribution in [2.24, 2.45) is 5.92 Å². The highest BCUT2D eigenvalue weighted by molar-refractivity contribution is 5.84. The van der Waals surface area contributed by atoms with Crippen LogP contribution in [-0.2, 0) is 4.79 Å². The molecule has 4 nitrogen and oxygen atoms in total. The lowest BCUT2D eigenvalue weighted by Crippen LogP contribution is -2.43. The van der Waals surface area contributed by atoms with Gasteiger partial charge in [0.05, 0.1) is 12.2 Å². The Kier molecular flexibility index (Phi) is 6.49. The molecule has 21 heavy (non-hydrogen) atoms. The Morgan fingerprint density at radius 1 is 1.10 bits per heavy atom. The van der Waals surface area contributed by atoms with Gasteiger partial charge >= 0.3 is 0 Å². The zero-order valence-electron chi connectivity index (χ0n) is 14.1. The van der Waals surface area contributed by atoms with Crippen molar-refractivity contribution in [1.82, 2.24) is 15.1 Å². The molecule has 0 radical (unpaired) electrons. The highest BCUT2D eigenvalue weighted by Crippen LogP contribution is 2.24. The quantitative estimate of drug-likeness (QED) is 0.783. The molecule has 0 aromatic carbocycles. The number of nitrogens with one attached hydrogen (secondary N) is 1. The van der Waals surface area contributed by atoms with E-state index >= 15 is 0 Å². The van der Waals surface area contributed by atoms with Gasteiger partial charge in [-0.25, -0.2) is 0 Å². The zero-order chi connectivity index (χ0) is 15.2. The van der Waals surface area contributed by atoms with E-state index in [1.54, 1.807) is 0 Å². The average Bonchev–Trinajstić information content (AvgIpc) is 2.78. The summed E-state index contributed by atoms with van der Waals surface area (Å²) in [5.74, 6) is 1.05. The Morgan fingerprint density at radius 3 is 2.33 bits per heavy atom. The molecule has 0 bridgehead atoms. The molecular weight excluding hydrogens is 262 g/mol. The molecule has 2 aliphatic heterocycles. The van der Waals surface area contributed by atoms with Crippen molar-refractivity contribution in [2.45, 2.75) is 71.5 Å². The molecule has 0 aromatic rings. The van der Waals surface area contributed by atoms with Crippen molar-refractivity contribution in [3.05, 3.63) is 0 Å². The molecule has 2 fully saturated rings. The molecule has 122 valence electrons. The molecule has 2 aliphatic rings. The lowest BCUT2D eigenvalue weighted by Gasteiger charge is -2.34. The van der Waals surface area contributed by atoms with Crippen LogP contribution < -0.4 is 5.32 Å². The van der Waals surface area contributed by atoms with E-state index in [1.165, 1.54) is 25.9 Å². The summed E-state index contributed by atoms with van der Waals surface area (Å²) in [6.07, 6.45) is 7.04. The number of piperidine rings is 1. The number of hydrogen-bond acceptors (Lipinski definition) is 3. The molecule has 0 spiro atoms. The number of carbonyl (C=O) groups is 1. The van der Waals surface area contributed by atoms with E-state index in [1.807, 2.05) is 0 Å². The van der Waals surface area contributed by atoms with E-state index in [2.05, 4.69) is 35.9 Å². The summed E-state index contributed by atoms with van der Waals surface area (Å²) in [6.45, 7) is 11.1. The van der Waals surface area contributed by atoms with Crippen LogP contribution in [0.15, 0.2) is 0 Å². The van der Waals surface area contributed by atoms with Crippen LogP contribution in [-0.4, -0.2) is 54.1 Å². The first-order valence-corrected chi connectivity index (χ1v) is 8.98. The lowest BCUT2D eigenvalue weighted by molar-refractivity contribution is -0.131. The van der Waals surface area contributed by atoms with Gasteiger partial charge in [0.15, 0.2) is 0 Å². The van der Waals surface area contributed by atoms with Gasteiger partial charge in [0.2, 0.25) is 5.91 Å². The number of likely N-dealkylation sites (tertiary alicyclic amines) is 1. The fourth-order valence-corrected chi connectivity index (χ4v) is 3.74. The van der Waals surface area contributed by atoms with Crippen LogP contribution in [0.4, 0.5) is 0 Å². The number of amides is 1. The van der Waals surface area contributed by atoms with Crippen LogP contribution in [0, 0.1) is 5.92 Å². The highest BCUT2D eigenvalue weighted by atomic mass is 16.2.